The summed E-state index contributed by atoms with van der Waals surface area (Å²) in [6, 6.07) is 8.34. The molecule has 1 atom stereocenters. The van der Waals surface area contributed by atoms with E-state index in [1.807, 2.05) is 24.7 Å². The molecule has 0 aliphatic carbocycles. The quantitative estimate of drug-likeness (QED) is 0.941. The van der Waals surface area contributed by atoms with Crippen LogP contribution in [0.5, 0.6) is 0 Å². The van der Waals surface area contributed by atoms with Crippen molar-refractivity contribution in [3.63, 3.8) is 0 Å². The van der Waals surface area contributed by atoms with Crippen LogP contribution in [0.2, 0.25) is 0 Å². The van der Waals surface area contributed by atoms with Crippen LogP contribution in [-0.2, 0) is 6.54 Å². The number of nitrogens with zero attached hydrogens (tertiary/aromatic N) is 2. The van der Waals surface area contributed by atoms with E-state index in [2.05, 4.69) is 44.5 Å². The Labute approximate surface area is 110 Å². The largest absolute Gasteiger partial charge is 0.329 e. The number of nitrogens with two attached hydrogens (primary N) is 1. The number of aromatic nitrogens is 2. The minimum Gasteiger partial charge on any atom is -0.329 e. The third-order valence-corrected chi connectivity index (χ3v) is 3.30. The average molecular weight is 294 g/mol. The highest BCUT2D eigenvalue weighted by molar-refractivity contribution is 9.10. The molecule has 2 N–H and O–H groups in total. The van der Waals surface area contributed by atoms with Gasteiger partial charge in [0.1, 0.15) is 0 Å². The lowest BCUT2D eigenvalue weighted by Crippen LogP contribution is -2.14. The molecule has 2 aromatic rings. The van der Waals surface area contributed by atoms with Crippen molar-refractivity contribution in [2.45, 2.75) is 25.9 Å². The smallest absolute Gasteiger partial charge is 0.0951 e. The second-order valence-corrected chi connectivity index (χ2v) is 5.01. The summed E-state index contributed by atoms with van der Waals surface area (Å²) in [5.41, 5.74) is 8.38. The van der Waals surface area contributed by atoms with Gasteiger partial charge in [-0.2, -0.15) is 0 Å². The molecular weight excluding hydrogens is 278 g/mol. The maximum Gasteiger partial charge on any atom is 0.0951 e. The molecule has 0 fully saturated rings. The summed E-state index contributed by atoms with van der Waals surface area (Å²) in [6.07, 6.45) is 4.61. The van der Waals surface area contributed by atoms with Gasteiger partial charge in [0.25, 0.3) is 0 Å². The van der Waals surface area contributed by atoms with Crippen LogP contribution in [0.25, 0.3) is 0 Å². The van der Waals surface area contributed by atoms with Crippen LogP contribution in [-0.4, -0.2) is 9.55 Å². The van der Waals surface area contributed by atoms with Gasteiger partial charge in [0.15, 0.2) is 0 Å². The van der Waals surface area contributed by atoms with E-state index in [0.717, 1.165) is 23.1 Å². The molecule has 3 nitrogen and oxygen atoms in total. The normalized spacial score (nSPS) is 12.6. The SMILES string of the molecule is CC[C@@H](N)c1cncn1Cc1cccc(Br)c1. The molecule has 2 rings (SSSR count). The van der Waals surface area contributed by atoms with Crippen LogP contribution in [0.15, 0.2) is 41.3 Å². The number of imidazole rings is 1. The van der Waals surface area contributed by atoms with Gasteiger partial charge in [-0.1, -0.05) is 35.0 Å². The highest BCUT2D eigenvalue weighted by Gasteiger charge is 2.09. The van der Waals surface area contributed by atoms with Gasteiger partial charge in [-0.15, -0.1) is 0 Å². The Kier molecular flexibility index (Phi) is 3.97. The molecule has 0 bridgehead atoms. The van der Waals surface area contributed by atoms with E-state index in [1.165, 1.54) is 5.56 Å². The Bertz CT molecular complexity index is 493. The minimum absolute atomic E-state index is 0.0599. The monoisotopic (exact) mass is 293 g/mol. The van der Waals surface area contributed by atoms with Crippen molar-refractivity contribution in [3.8, 4) is 0 Å². The number of rotatable bonds is 4. The van der Waals surface area contributed by atoms with Gasteiger partial charge in [0.2, 0.25) is 0 Å². The molecule has 1 heterocycles. The molecule has 0 amide bonds. The van der Waals surface area contributed by atoms with Gasteiger partial charge >= 0.3 is 0 Å². The third kappa shape index (κ3) is 2.96. The van der Waals surface area contributed by atoms with E-state index >= 15 is 0 Å². The number of hydrogen-bond acceptors (Lipinski definition) is 2. The lowest BCUT2D eigenvalue weighted by molar-refractivity contribution is 0.618. The van der Waals surface area contributed by atoms with Crippen molar-refractivity contribution < 1.29 is 0 Å². The van der Waals surface area contributed by atoms with Crippen LogP contribution in [0.3, 0.4) is 0 Å². The molecule has 17 heavy (non-hydrogen) atoms. The second kappa shape index (κ2) is 5.47. The first-order chi connectivity index (χ1) is 8.20. The molecule has 0 aliphatic heterocycles. The Morgan fingerprint density at radius 2 is 2.29 bits per heavy atom. The summed E-state index contributed by atoms with van der Waals surface area (Å²) in [4.78, 5) is 4.18. The predicted octanol–water partition coefficient (Wildman–Crippen LogP) is 3.10. The van der Waals surface area contributed by atoms with E-state index in [-0.39, 0.29) is 6.04 Å². The van der Waals surface area contributed by atoms with Crippen molar-refractivity contribution in [2.75, 3.05) is 0 Å². The zero-order valence-corrected chi connectivity index (χ0v) is 11.4. The molecule has 0 saturated carbocycles. The average Bonchev–Trinajstić information content (AvgIpc) is 2.76. The van der Waals surface area contributed by atoms with E-state index in [1.54, 1.807) is 0 Å². The number of halogens is 1. The molecule has 0 aliphatic rings. The fourth-order valence-electron chi connectivity index (χ4n) is 1.81. The van der Waals surface area contributed by atoms with Gasteiger partial charge in [0, 0.05) is 23.3 Å². The van der Waals surface area contributed by atoms with Gasteiger partial charge in [-0.25, -0.2) is 4.98 Å². The Hall–Kier alpha value is -1.13. The van der Waals surface area contributed by atoms with Crippen molar-refractivity contribution in [2.24, 2.45) is 5.73 Å². The minimum atomic E-state index is 0.0599. The Balaban J connectivity index is 2.22. The van der Waals surface area contributed by atoms with Crippen LogP contribution in [0.4, 0.5) is 0 Å². The first-order valence-electron chi connectivity index (χ1n) is 5.70. The van der Waals surface area contributed by atoms with Crippen LogP contribution >= 0.6 is 15.9 Å². The summed E-state index contributed by atoms with van der Waals surface area (Å²) in [6.45, 7) is 2.89. The summed E-state index contributed by atoms with van der Waals surface area (Å²) in [7, 11) is 0. The standard InChI is InChI=1S/C13H16BrN3/c1-2-12(15)13-7-16-9-17(13)8-10-4-3-5-11(14)6-10/h3-7,9,12H,2,8,15H2,1H3/t12-/m1/s1. The van der Waals surface area contributed by atoms with Crippen molar-refractivity contribution >= 4 is 15.9 Å². The molecule has 0 spiro atoms. The molecule has 90 valence electrons. The van der Waals surface area contributed by atoms with Gasteiger partial charge < -0.3 is 10.3 Å². The number of benzene rings is 1. The summed E-state index contributed by atoms with van der Waals surface area (Å²) >= 11 is 3.48. The fourth-order valence-corrected chi connectivity index (χ4v) is 2.26. The Morgan fingerprint density at radius 1 is 1.47 bits per heavy atom. The molecule has 0 saturated heterocycles. The van der Waals surface area contributed by atoms with Crippen molar-refractivity contribution in [3.05, 3.63) is 52.5 Å². The van der Waals surface area contributed by atoms with Crippen LogP contribution in [0, 0.1) is 0 Å². The highest BCUT2D eigenvalue weighted by atomic mass is 79.9. The van der Waals surface area contributed by atoms with Crippen LogP contribution < -0.4 is 5.73 Å². The lowest BCUT2D eigenvalue weighted by Gasteiger charge is -2.13. The topological polar surface area (TPSA) is 43.8 Å². The summed E-state index contributed by atoms with van der Waals surface area (Å²) in [5, 5.41) is 0. The molecule has 1 aromatic carbocycles. The molecule has 4 heteroatoms. The maximum absolute atomic E-state index is 6.05. The summed E-state index contributed by atoms with van der Waals surface area (Å²) in [5.74, 6) is 0. The molecule has 0 radical (unpaired) electrons. The van der Waals surface area contributed by atoms with Gasteiger partial charge in [-0.05, 0) is 24.1 Å². The fraction of sp³-hybridized carbons (Fsp3) is 0.308. The first-order valence-corrected chi connectivity index (χ1v) is 6.50. The zero-order chi connectivity index (χ0) is 12.3. The lowest BCUT2D eigenvalue weighted by atomic mass is 10.1. The van der Waals surface area contributed by atoms with E-state index in [0.29, 0.717) is 0 Å². The van der Waals surface area contributed by atoms with Crippen molar-refractivity contribution in [1.29, 1.82) is 0 Å². The van der Waals surface area contributed by atoms with E-state index < -0.39 is 0 Å². The van der Waals surface area contributed by atoms with Crippen molar-refractivity contribution in [1.82, 2.24) is 9.55 Å². The Morgan fingerprint density at radius 3 is 3.00 bits per heavy atom. The molecule has 1 aromatic heterocycles. The van der Waals surface area contributed by atoms with E-state index in [4.69, 9.17) is 5.73 Å². The number of hydrogen-bond donors (Lipinski definition) is 1. The summed E-state index contributed by atoms with van der Waals surface area (Å²) < 4.78 is 3.20. The zero-order valence-electron chi connectivity index (χ0n) is 9.81. The second-order valence-electron chi connectivity index (χ2n) is 4.09. The van der Waals surface area contributed by atoms with E-state index in [9.17, 15) is 0 Å². The van der Waals surface area contributed by atoms with Gasteiger partial charge in [-0.3, -0.25) is 0 Å². The first kappa shape index (κ1) is 12.3. The molecule has 0 unspecified atom stereocenters. The predicted molar refractivity (Wildman–Crippen MR) is 72.7 cm³/mol. The van der Waals surface area contributed by atoms with Crippen LogP contribution in [0.1, 0.15) is 30.6 Å². The maximum atomic E-state index is 6.05. The van der Waals surface area contributed by atoms with Gasteiger partial charge in [0.05, 0.1) is 12.0 Å². The highest BCUT2D eigenvalue weighted by Crippen LogP contribution is 2.17. The molecular formula is C13H16BrN3. The third-order valence-electron chi connectivity index (χ3n) is 2.81.